The molecular formula is C16H24O4. The second kappa shape index (κ2) is 8.63. The quantitative estimate of drug-likeness (QED) is 0.554. The van der Waals surface area contributed by atoms with Gasteiger partial charge in [0.05, 0.1) is 0 Å². The average molecular weight is 280 g/mol. The average Bonchev–Trinajstić information content (AvgIpc) is 2.41. The first kappa shape index (κ1) is 16.6. The highest BCUT2D eigenvalue weighted by Crippen LogP contribution is 2.25. The first-order chi connectivity index (χ1) is 9.51. The summed E-state index contributed by atoms with van der Waals surface area (Å²) in [5, 5.41) is 0. The van der Waals surface area contributed by atoms with Crippen molar-refractivity contribution in [3.8, 4) is 12.3 Å². The van der Waals surface area contributed by atoms with Crippen LogP contribution in [-0.4, -0.2) is 24.1 Å². The van der Waals surface area contributed by atoms with E-state index in [1.807, 2.05) is 0 Å². The summed E-state index contributed by atoms with van der Waals surface area (Å²) in [6.45, 7) is 3.86. The van der Waals surface area contributed by atoms with Gasteiger partial charge in [-0.15, -0.1) is 6.42 Å². The third-order valence-corrected chi connectivity index (χ3v) is 3.57. The Kier molecular flexibility index (Phi) is 7.14. The number of carbonyl (C=O) groups is 2. The van der Waals surface area contributed by atoms with Crippen molar-refractivity contribution >= 4 is 11.9 Å². The van der Waals surface area contributed by atoms with Gasteiger partial charge in [-0.2, -0.15) is 0 Å². The molecule has 1 rings (SSSR count). The summed E-state index contributed by atoms with van der Waals surface area (Å²) in [6.07, 6.45) is 9.70. The van der Waals surface area contributed by atoms with Crippen LogP contribution < -0.4 is 0 Å². The van der Waals surface area contributed by atoms with Gasteiger partial charge >= 0.3 is 11.9 Å². The SMILES string of the molecule is C#CC(C)OC(=O)CCCC(=O)OC1CCC(C)CC1. The normalized spacial score (nSPS) is 23.4. The van der Waals surface area contributed by atoms with E-state index in [0.29, 0.717) is 6.42 Å². The third-order valence-electron chi connectivity index (χ3n) is 3.57. The van der Waals surface area contributed by atoms with Crippen molar-refractivity contribution in [2.24, 2.45) is 5.92 Å². The molecular weight excluding hydrogens is 256 g/mol. The van der Waals surface area contributed by atoms with E-state index in [2.05, 4.69) is 12.8 Å². The number of hydrogen-bond donors (Lipinski definition) is 0. The molecule has 0 aromatic heterocycles. The molecule has 1 aliphatic carbocycles. The van der Waals surface area contributed by atoms with E-state index in [9.17, 15) is 9.59 Å². The van der Waals surface area contributed by atoms with Gasteiger partial charge in [0, 0.05) is 12.8 Å². The van der Waals surface area contributed by atoms with Gasteiger partial charge in [0.15, 0.2) is 6.10 Å². The number of carbonyl (C=O) groups excluding carboxylic acids is 2. The smallest absolute Gasteiger partial charge is 0.307 e. The van der Waals surface area contributed by atoms with Crippen LogP contribution in [0.25, 0.3) is 0 Å². The molecule has 1 saturated carbocycles. The molecule has 1 atom stereocenters. The molecule has 112 valence electrons. The van der Waals surface area contributed by atoms with Crippen LogP contribution in [0.15, 0.2) is 0 Å². The number of hydrogen-bond acceptors (Lipinski definition) is 4. The van der Waals surface area contributed by atoms with Crippen LogP contribution in [0.2, 0.25) is 0 Å². The predicted octanol–water partition coefficient (Wildman–Crippen LogP) is 2.84. The molecule has 1 fully saturated rings. The lowest BCUT2D eigenvalue weighted by Crippen LogP contribution is -2.23. The maximum Gasteiger partial charge on any atom is 0.307 e. The van der Waals surface area contributed by atoms with Gasteiger partial charge in [0.1, 0.15) is 6.10 Å². The molecule has 0 spiro atoms. The Hall–Kier alpha value is -1.50. The molecule has 0 radical (unpaired) electrons. The number of terminal acetylenes is 1. The minimum absolute atomic E-state index is 0.0621. The van der Waals surface area contributed by atoms with Crippen LogP contribution in [0.5, 0.6) is 0 Å². The zero-order valence-corrected chi connectivity index (χ0v) is 12.4. The number of rotatable bonds is 6. The van der Waals surface area contributed by atoms with Crippen molar-refractivity contribution in [1.29, 1.82) is 0 Å². The van der Waals surface area contributed by atoms with Crippen LogP contribution in [0.1, 0.15) is 58.8 Å². The summed E-state index contributed by atoms with van der Waals surface area (Å²) in [4.78, 5) is 23.0. The van der Waals surface area contributed by atoms with E-state index in [0.717, 1.165) is 31.6 Å². The zero-order chi connectivity index (χ0) is 15.0. The Labute approximate surface area is 121 Å². The number of ether oxygens (including phenoxy) is 2. The summed E-state index contributed by atoms with van der Waals surface area (Å²) in [5.41, 5.74) is 0. The molecule has 20 heavy (non-hydrogen) atoms. The second-order valence-corrected chi connectivity index (χ2v) is 5.52. The lowest BCUT2D eigenvalue weighted by molar-refractivity contribution is -0.151. The maximum atomic E-state index is 11.6. The molecule has 0 amide bonds. The van der Waals surface area contributed by atoms with Gasteiger partial charge in [-0.25, -0.2) is 0 Å². The van der Waals surface area contributed by atoms with Crippen molar-refractivity contribution in [1.82, 2.24) is 0 Å². The zero-order valence-electron chi connectivity index (χ0n) is 12.4. The van der Waals surface area contributed by atoms with Crippen LogP contribution in [0.3, 0.4) is 0 Å². The molecule has 0 bridgehead atoms. The molecule has 0 saturated heterocycles. The fourth-order valence-electron chi connectivity index (χ4n) is 2.26. The van der Waals surface area contributed by atoms with E-state index < -0.39 is 6.10 Å². The Balaban J connectivity index is 2.11. The van der Waals surface area contributed by atoms with Crippen molar-refractivity contribution in [2.45, 2.75) is 71.0 Å². The topological polar surface area (TPSA) is 52.6 Å². The monoisotopic (exact) mass is 280 g/mol. The largest absolute Gasteiger partial charge is 0.462 e. The van der Waals surface area contributed by atoms with E-state index in [-0.39, 0.29) is 30.9 Å². The highest BCUT2D eigenvalue weighted by molar-refractivity contribution is 5.72. The molecule has 0 aromatic rings. The van der Waals surface area contributed by atoms with Gasteiger partial charge in [0.25, 0.3) is 0 Å². The Morgan fingerprint density at radius 3 is 2.40 bits per heavy atom. The highest BCUT2D eigenvalue weighted by Gasteiger charge is 2.21. The molecule has 0 heterocycles. The van der Waals surface area contributed by atoms with Gasteiger partial charge in [-0.1, -0.05) is 12.8 Å². The molecule has 1 aliphatic rings. The predicted molar refractivity (Wildman–Crippen MR) is 75.8 cm³/mol. The summed E-state index contributed by atoms with van der Waals surface area (Å²) in [6, 6.07) is 0. The van der Waals surface area contributed by atoms with Crippen LogP contribution in [-0.2, 0) is 19.1 Å². The van der Waals surface area contributed by atoms with Crippen LogP contribution in [0.4, 0.5) is 0 Å². The Bertz CT molecular complexity index is 361. The fourth-order valence-corrected chi connectivity index (χ4v) is 2.26. The van der Waals surface area contributed by atoms with Crippen molar-refractivity contribution in [2.75, 3.05) is 0 Å². The lowest BCUT2D eigenvalue weighted by Gasteiger charge is -2.25. The van der Waals surface area contributed by atoms with Crippen LogP contribution >= 0.6 is 0 Å². The fraction of sp³-hybridized carbons (Fsp3) is 0.750. The standard InChI is InChI=1S/C16H24O4/c1-4-13(3)19-15(17)6-5-7-16(18)20-14-10-8-12(2)9-11-14/h1,12-14H,5-11H2,2-3H3. The minimum Gasteiger partial charge on any atom is -0.462 e. The van der Waals surface area contributed by atoms with Gasteiger partial charge in [-0.3, -0.25) is 9.59 Å². The maximum absolute atomic E-state index is 11.6. The second-order valence-electron chi connectivity index (χ2n) is 5.52. The molecule has 0 aromatic carbocycles. The minimum atomic E-state index is -0.515. The highest BCUT2D eigenvalue weighted by atomic mass is 16.5. The lowest BCUT2D eigenvalue weighted by atomic mass is 9.89. The van der Waals surface area contributed by atoms with E-state index in [1.165, 1.54) is 0 Å². The molecule has 4 nitrogen and oxygen atoms in total. The molecule has 0 N–H and O–H groups in total. The van der Waals surface area contributed by atoms with E-state index in [4.69, 9.17) is 15.9 Å². The molecule has 1 unspecified atom stereocenters. The summed E-state index contributed by atoms with van der Waals surface area (Å²) in [7, 11) is 0. The molecule has 4 heteroatoms. The summed E-state index contributed by atoms with van der Waals surface area (Å²) in [5.74, 6) is 2.47. The third kappa shape index (κ3) is 6.60. The molecule has 0 aliphatic heterocycles. The summed E-state index contributed by atoms with van der Waals surface area (Å²) >= 11 is 0. The van der Waals surface area contributed by atoms with Gasteiger partial charge < -0.3 is 9.47 Å². The van der Waals surface area contributed by atoms with Crippen LogP contribution in [0, 0.1) is 18.3 Å². The van der Waals surface area contributed by atoms with Gasteiger partial charge in [0.2, 0.25) is 0 Å². The summed E-state index contributed by atoms with van der Waals surface area (Å²) < 4.78 is 10.3. The number of esters is 2. The van der Waals surface area contributed by atoms with Crippen molar-refractivity contribution < 1.29 is 19.1 Å². The van der Waals surface area contributed by atoms with Crippen molar-refractivity contribution in [3.05, 3.63) is 0 Å². The Morgan fingerprint density at radius 2 is 1.80 bits per heavy atom. The van der Waals surface area contributed by atoms with E-state index in [1.54, 1.807) is 6.92 Å². The van der Waals surface area contributed by atoms with E-state index >= 15 is 0 Å². The Morgan fingerprint density at radius 1 is 1.20 bits per heavy atom. The van der Waals surface area contributed by atoms with Gasteiger partial charge in [-0.05, 0) is 44.9 Å². The first-order valence-electron chi connectivity index (χ1n) is 7.36. The first-order valence-corrected chi connectivity index (χ1v) is 7.36. The van der Waals surface area contributed by atoms with Crippen molar-refractivity contribution in [3.63, 3.8) is 0 Å².